The zero-order valence-corrected chi connectivity index (χ0v) is 16.0. The van der Waals surface area contributed by atoms with Crippen LogP contribution in [0.1, 0.15) is 16.8 Å². The molecule has 4 N–H and O–H groups in total. The van der Waals surface area contributed by atoms with Crippen LogP contribution in [0.5, 0.6) is 0 Å². The van der Waals surface area contributed by atoms with Crippen molar-refractivity contribution in [3.05, 3.63) is 72.0 Å². The third-order valence-corrected chi connectivity index (χ3v) is 5.65. The molecule has 3 aromatic carbocycles. The van der Waals surface area contributed by atoms with Crippen LogP contribution in [-0.2, 0) is 14.8 Å². The number of benzene rings is 3. The third-order valence-electron chi connectivity index (χ3n) is 4.19. The Morgan fingerprint density at radius 1 is 0.966 bits per heavy atom. The van der Waals surface area contributed by atoms with Gasteiger partial charge in [-0.1, -0.05) is 30.3 Å². The lowest BCUT2D eigenvalue weighted by atomic mass is 10.1. The molecule has 0 radical (unpaired) electrons. The summed E-state index contributed by atoms with van der Waals surface area (Å²) in [6.07, 6.45) is -0.157. The maximum Gasteiger partial charge on any atom is 0.251 e. The minimum atomic E-state index is -3.78. The quantitative estimate of drug-likeness (QED) is 0.549. The maximum atomic E-state index is 13.5. The van der Waals surface area contributed by atoms with Gasteiger partial charge in [0.25, 0.3) is 5.91 Å². The van der Waals surface area contributed by atoms with E-state index in [1.54, 1.807) is 12.1 Å². The molecule has 3 aromatic rings. The van der Waals surface area contributed by atoms with Gasteiger partial charge in [0.15, 0.2) is 0 Å². The standard InChI is InChI=1S/C20H18FN3O4S/c21-18-8-6-15(12-17(18)20(22)26)24-19(25)9-10-23-29(27,28)16-7-5-13-3-1-2-4-14(13)11-16/h1-8,11-12,23H,9-10H2,(H2,22,26)(H,24,25). The molecular formula is C20H18FN3O4S. The molecule has 0 aliphatic heterocycles. The second kappa shape index (κ2) is 8.38. The number of halogens is 1. The van der Waals surface area contributed by atoms with Gasteiger partial charge in [0, 0.05) is 18.7 Å². The summed E-state index contributed by atoms with van der Waals surface area (Å²) < 4.78 is 40.7. The fourth-order valence-electron chi connectivity index (χ4n) is 2.73. The number of nitrogens with two attached hydrogens (primary N) is 1. The molecule has 0 saturated heterocycles. The van der Waals surface area contributed by atoms with Crippen molar-refractivity contribution in [2.24, 2.45) is 5.73 Å². The Kier molecular flexibility index (Phi) is 5.90. The highest BCUT2D eigenvalue weighted by molar-refractivity contribution is 7.89. The van der Waals surface area contributed by atoms with Crippen LogP contribution in [0.3, 0.4) is 0 Å². The molecule has 0 heterocycles. The minimum absolute atomic E-state index is 0.0984. The topological polar surface area (TPSA) is 118 Å². The van der Waals surface area contributed by atoms with Crippen LogP contribution >= 0.6 is 0 Å². The summed E-state index contributed by atoms with van der Waals surface area (Å²) >= 11 is 0. The molecule has 9 heteroatoms. The summed E-state index contributed by atoms with van der Waals surface area (Å²) in [6.45, 7) is -0.134. The molecule has 0 saturated carbocycles. The molecule has 0 aliphatic carbocycles. The van der Waals surface area contributed by atoms with Gasteiger partial charge in [-0.2, -0.15) is 0 Å². The average molecular weight is 415 g/mol. The maximum absolute atomic E-state index is 13.5. The Bertz CT molecular complexity index is 1200. The first kappa shape index (κ1) is 20.4. The third kappa shape index (κ3) is 4.95. The molecule has 29 heavy (non-hydrogen) atoms. The fourth-order valence-corrected chi connectivity index (χ4v) is 3.80. The lowest BCUT2D eigenvalue weighted by Gasteiger charge is -2.09. The smallest absolute Gasteiger partial charge is 0.251 e. The molecule has 0 fully saturated rings. The van der Waals surface area contributed by atoms with E-state index in [0.717, 1.165) is 22.9 Å². The minimum Gasteiger partial charge on any atom is -0.366 e. The number of primary amides is 1. The summed E-state index contributed by atoms with van der Waals surface area (Å²) in [7, 11) is -3.78. The lowest BCUT2D eigenvalue weighted by Crippen LogP contribution is -2.28. The number of sulfonamides is 1. The van der Waals surface area contributed by atoms with Gasteiger partial charge in [0.2, 0.25) is 15.9 Å². The second-order valence-electron chi connectivity index (χ2n) is 6.26. The zero-order chi connectivity index (χ0) is 21.0. The number of rotatable bonds is 7. The summed E-state index contributed by atoms with van der Waals surface area (Å²) in [6, 6.07) is 15.5. The van der Waals surface area contributed by atoms with Crippen molar-refractivity contribution in [3.8, 4) is 0 Å². The number of amides is 2. The number of fused-ring (bicyclic) bond motifs is 1. The molecule has 150 valence electrons. The number of anilines is 1. The summed E-state index contributed by atoms with van der Waals surface area (Å²) in [4.78, 5) is 23.3. The Balaban J connectivity index is 1.60. The largest absolute Gasteiger partial charge is 0.366 e. The second-order valence-corrected chi connectivity index (χ2v) is 8.03. The van der Waals surface area contributed by atoms with Gasteiger partial charge in [-0.05, 0) is 41.1 Å². The number of hydrogen-bond donors (Lipinski definition) is 3. The van der Waals surface area contributed by atoms with Crippen LogP contribution in [0.15, 0.2) is 65.6 Å². The van der Waals surface area contributed by atoms with Crippen molar-refractivity contribution in [1.82, 2.24) is 4.72 Å². The SMILES string of the molecule is NC(=O)c1cc(NC(=O)CCNS(=O)(=O)c2ccc3ccccc3c2)ccc1F. The summed E-state index contributed by atoms with van der Waals surface area (Å²) in [5, 5.41) is 4.17. The predicted molar refractivity (Wildman–Crippen MR) is 107 cm³/mol. The molecule has 0 aliphatic rings. The van der Waals surface area contributed by atoms with E-state index < -0.39 is 27.7 Å². The lowest BCUT2D eigenvalue weighted by molar-refractivity contribution is -0.116. The van der Waals surface area contributed by atoms with E-state index in [4.69, 9.17) is 5.73 Å². The van der Waals surface area contributed by atoms with E-state index in [9.17, 15) is 22.4 Å². The predicted octanol–water partition coefficient (Wildman–Crippen LogP) is 2.38. The van der Waals surface area contributed by atoms with Crippen LogP contribution in [0, 0.1) is 5.82 Å². The Morgan fingerprint density at radius 3 is 2.41 bits per heavy atom. The summed E-state index contributed by atoms with van der Waals surface area (Å²) in [5.41, 5.74) is 4.90. The fraction of sp³-hybridized carbons (Fsp3) is 0.100. The van der Waals surface area contributed by atoms with E-state index in [1.807, 2.05) is 24.3 Å². The van der Waals surface area contributed by atoms with Crippen molar-refractivity contribution in [2.75, 3.05) is 11.9 Å². The molecule has 0 spiro atoms. The van der Waals surface area contributed by atoms with E-state index in [1.165, 1.54) is 12.1 Å². The molecular weight excluding hydrogens is 397 g/mol. The van der Waals surface area contributed by atoms with Gasteiger partial charge < -0.3 is 11.1 Å². The highest BCUT2D eigenvalue weighted by Gasteiger charge is 2.15. The van der Waals surface area contributed by atoms with E-state index >= 15 is 0 Å². The average Bonchev–Trinajstić information content (AvgIpc) is 2.68. The monoisotopic (exact) mass is 415 g/mol. The van der Waals surface area contributed by atoms with E-state index in [0.29, 0.717) is 0 Å². The van der Waals surface area contributed by atoms with Crippen molar-refractivity contribution in [1.29, 1.82) is 0 Å². The molecule has 7 nitrogen and oxygen atoms in total. The zero-order valence-electron chi connectivity index (χ0n) is 15.2. The van der Waals surface area contributed by atoms with Crippen molar-refractivity contribution in [2.45, 2.75) is 11.3 Å². The summed E-state index contributed by atoms with van der Waals surface area (Å²) in [5.74, 6) is -2.26. The van der Waals surface area contributed by atoms with Gasteiger partial charge in [0.05, 0.1) is 10.5 Å². The van der Waals surface area contributed by atoms with Crippen molar-refractivity contribution < 1.29 is 22.4 Å². The van der Waals surface area contributed by atoms with Crippen LogP contribution in [-0.4, -0.2) is 26.8 Å². The normalized spacial score (nSPS) is 11.3. The highest BCUT2D eigenvalue weighted by Crippen LogP contribution is 2.19. The number of carbonyl (C=O) groups is 2. The molecule has 0 bridgehead atoms. The van der Waals surface area contributed by atoms with Crippen LogP contribution < -0.4 is 15.8 Å². The first-order valence-electron chi connectivity index (χ1n) is 8.64. The van der Waals surface area contributed by atoms with E-state index in [2.05, 4.69) is 10.0 Å². The highest BCUT2D eigenvalue weighted by atomic mass is 32.2. The molecule has 0 unspecified atom stereocenters. The molecule has 3 rings (SSSR count). The van der Waals surface area contributed by atoms with Crippen molar-refractivity contribution >= 4 is 38.3 Å². The van der Waals surface area contributed by atoms with Gasteiger partial charge in [0.1, 0.15) is 5.82 Å². The number of nitrogens with one attached hydrogen (secondary N) is 2. The Hall–Kier alpha value is -3.30. The van der Waals surface area contributed by atoms with Crippen LogP contribution in [0.4, 0.5) is 10.1 Å². The van der Waals surface area contributed by atoms with Gasteiger partial charge in [-0.25, -0.2) is 17.5 Å². The Labute approximate surface area is 166 Å². The molecule has 0 aromatic heterocycles. The Morgan fingerprint density at radius 2 is 1.69 bits per heavy atom. The van der Waals surface area contributed by atoms with Gasteiger partial charge in [-0.15, -0.1) is 0 Å². The molecule has 2 amide bonds. The first-order valence-corrected chi connectivity index (χ1v) is 10.1. The van der Waals surface area contributed by atoms with Gasteiger partial charge >= 0.3 is 0 Å². The van der Waals surface area contributed by atoms with E-state index in [-0.39, 0.29) is 29.1 Å². The number of carbonyl (C=O) groups excluding carboxylic acids is 2. The van der Waals surface area contributed by atoms with Crippen LogP contribution in [0.2, 0.25) is 0 Å². The number of hydrogen-bond acceptors (Lipinski definition) is 4. The van der Waals surface area contributed by atoms with Crippen molar-refractivity contribution in [3.63, 3.8) is 0 Å². The van der Waals surface area contributed by atoms with Crippen LogP contribution in [0.25, 0.3) is 10.8 Å². The van der Waals surface area contributed by atoms with Gasteiger partial charge in [-0.3, -0.25) is 9.59 Å². The molecule has 0 atom stereocenters. The first-order chi connectivity index (χ1) is 13.8.